The van der Waals surface area contributed by atoms with Gasteiger partial charge in [-0.25, -0.2) is 0 Å². The molecule has 2 aromatic rings. The topological polar surface area (TPSA) is 49.4 Å². The second kappa shape index (κ2) is 6.84. The third-order valence-electron chi connectivity index (χ3n) is 2.93. The van der Waals surface area contributed by atoms with Gasteiger partial charge in [-0.15, -0.1) is 11.3 Å². The van der Waals surface area contributed by atoms with Crippen molar-refractivity contribution in [2.45, 2.75) is 0 Å². The summed E-state index contributed by atoms with van der Waals surface area (Å²) in [5, 5.41) is 3.55. The van der Waals surface area contributed by atoms with Crippen molar-refractivity contribution in [3.8, 4) is 0 Å². The van der Waals surface area contributed by atoms with Crippen LogP contribution in [0.4, 0.5) is 0 Å². The Kier molecular flexibility index (Phi) is 4.82. The van der Waals surface area contributed by atoms with E-state index in [4.69, 9.17) is 23.8 Å². The van der Waals surface area contributed by atoms with E-state index in [1.165, 1.54) is 11.3 Å². The second-order valence-corrected chi connectivity index (χ2v) is 7.57. The molecule has 0 aliphatic carbocycles. The Morgan fingerprint density at radius 2 is 2.00 bits per heavy atom. The first-order valence-electron chi connectivity index (χ1n) is 6.42. The number of hydrogen-bond donors (Lipinski definition) is 1. The quantitative estimate of drug-likeness (QED) is 0.647. The van der Waals surface area contributed by atoms with Crippen molar-refractivity contribution >= 4 is 69.1 Å². The summed E-state index contributed by atoms with van der Waals surface area (Å²) in [6, 6.07) is 10.2. The highest BCUT2D eigenvalue weighted by Crippen LogP contribution is 2.32. The van der Waals surface area contributed by atoms with Crippen molar-refractivity contribution in [1.82, 2.24) is 10.4 Å². The van der Waals surface area contributed by atoms with Gasteiger partial charge in [0.25, 0.3) is 11.8 Å². The average molecular weight is 381 g/mol. The van der Waals surface area contributed by atoms with Crippen LogP contribution in [0.5, 0.6) is 0 Å². The number of nitrogens with one attached hydrogen (secondary N) is 1. The smallest absolute Gasteiger partial charge is 0.267 e. The van der Waals surface area contributed by atoms with Crippen LogP contribution in [0.15, 0.2) is 46.7 Å². The summed E-state index contributed by atoms with van der Waals surface area (Å²) < 4.78 is 0.292. The summed E-state index contributed by atoms with van der Waals surface area (Å²) in [5.41, 5.74) is 2.92. The van der Waals surface area contributed by atoms with Crippen molar-refractivity contribution < 1.29 is 9.59 Å². The van der Waals surface area contributed by atoms with E-state index >= 15 is 0 Å². The molecule has 1 saturated heterocycles. The number of benzene rings is 1. The van der Waals surface area contributed by atoms with Gasteiger partial charge in [0.1, 0.15) is 0 Å². The molecule has 1 aliphatic heterocycles. The van der Waals surface area contributed by atoms with Gasteiger partial charge in [0, 0.05) is 15.5 Å². The number of carbonyl (C=O) groups excluding carboxylic acids is 2. The SMILES string of the molecule is O=C(NN1C(=O)/C(=C/c2cccs2)SC1=S)c1ccc(Cl)cc1. The van der Waals surface area contributed by atoms with Crippen LogP contribution in [0.2, 0.25) is 5.02 Å². The van der Waals surface area contributed by atoms with E-state index in [-0.39, 0.29) is 5.91 Å². The molecular formula is C15H9ClN2O2S3. The summed E-state index contributed by atoms with van der Waals surface area (Å²) in [4.78, 5) is 26.0. The predicted octanol–water partition coefficient (Wildman–Crippen LogP) is 3.95. The Morgan fingerprint density at radius 3 is 2.65 bits per heavy atom. The molecule has 0 saturated carbocycles. The molecule has 3 rings (SSSR count). The van der Waals surface area contributed by atoms with Gasteiger partial charge in [-0.3, -0.25) is 15.0 Å². The van der Waals surface area contributed by atoms with Gasteiger partial charge < -0.3 is 0 Å². The lowest BCUT2D eigenvalue weighted by molar-refractivity contribution is -0.123. The van der Waals surface area contributed by atoms with Crippen LogP contribution >= 0.6 is 46.9 Å². The number of nitrogens with zero attached hydrogens (tertiary/aromatic N) is 1. The van der Waals surface area contributed by atoms with Crippen molar-refractivity contribution in [3.05, 3.63) is 62.1 Å². The largest absolute Gasteiger partial charge is 0.285 e. The second-order valence-electron chi connectivity index (χ2n) is 4.48. The van der Waals surface area contributed by atoms with Gasteiger partial charge >= 0.3 is 0 Å². The lowest BCUT2D eigenvalue weighted by Gasteiger charge is -2.15. The molecular weight excluding hydrogens is 372 g/mol. The molecule has 1 fully saturated rings. The minimum atomic E-state index is -0.421. The Morgan fingerprint density at radius 1 is 1.26 bits per heavy atom. The molecule has 8 heteroatoms. The van der Waals surface area contributed by atoms with Gasteiger partial charge in [0.2, 0.25) is 0 Å². The third-order valence-corrected chi connectivity index (χ3v) is 5.30. The number of carbonyl (C=O) groups is 2. The summed E-state index contributed by atoms with van der Waals surface area (Å²) in [6.45, 7) is 0. The molecule has 4 nitrogen and oxygen atoms in total. The zero-order valence-electron chi connectivity index (χ0n) is 11.5. The molecule has 1 aliphatic rings. The molecule has 0 atom stereocenters. The maximum atomic E-state index is 12.4. The van der Waals surface area contributed by atoms with Crippen LogP contribution in [0.25, 0.3) is 6.08 Å². The zero-order chi connectivity index (χ0) is 16.4. The first-order chi connectivity index (χ1) is 11.0. The molecule has 2 heterocycles. The summed E-state index contributed by atoms with van der Waals surface area (Å²) in [7, 11) is 0. The number of amides is 2. The van der Waals surface area contributed by atoms with Crippen LogP contribution in [0, 0.1) is 0 Å². The van der Waals surface area contributed by atoms with E-state index in [2.05, 4.69) is 5.43 Å². The van der Waals surface area contributed by atoms with Gasteiger partial charge in [0.15, 0.2) is 4.32 Å². The fourth-order valence-corrected chi connectivity index (χ4v) is 3.86. The highest BCUT2D eigenvalue weighted by molar-refractivity contribution is 8.26. The molecule has 1 aromatic heterocycles. The van der Waals surface area contributed by atoms with E-state index in [0.717, 1.165) is 21.6 Å². The summed E-state index contributed by atoms with van der Waals surface area (Å²) in [6.07, 6.45) is 1.76. The van der Waals surface area contributed by atoms with E-state index in [1.54, 1.807) is 30.3 Å². The third kappa shape index (κ3) is 3.64. The molecule has 23 heavy (non-hydrogen) atoms. The number of hydrazine groups is 1. The van der Waals surface area contributed by atoms with Crippen molar-refractivity contribution in [3.63, 3.8) is 0 Å². The normalized spacial score (nSPS) is 16.2. The average Bonchev–Trinajstić information content (AvgIpc) is 3.12. The molecule has 0 bridgehead atoms. The van der Waals surface area contributed by atoms with Crippen LogP contribution in [-0.4, -0.2) is 21.1 Å². The van der Waals surface area contributed by atoms with Gasteiger partial charge in [0.05, 0.1) is 4.91 Å². The Labute approximate surface area is 151 Å². The van der Waals surface area contributed by atoms with Crippen molar-refractivity contribution in [2.24, 2.45) is 0 Å². The Hall–Kier alpha value is -1.67. The maximum absolute atomic E-state index is 12.4. The fraction of sp³-hybridized carbons (Fsp3) is 0. The van der Waals surface area contributed by atoms with Gasteiger partial charge in [-0.05, 0) is 54.0 Å². The molecule has 1 aromatic carbocycles. The predicted molar refractivity (Wildman–Crippen MR) is 98.2 cm³/mol. The van der Waals surface area contributed by atoms with Gasteiger partial charge in [-0.2, -0.15) is 5.01 Å². The highest BCUT2D eigenvalue weighted by atomic mass is 35.5. The van der Waals surface area contributed by atoms with E-state index in [0.29, 0.717) is 19.8 Å². The lowest BCUT2D eigenvalue weighted by Crippen LogP contribution is -2.44. The number of halogens is 1. The van der Waals surface area contributed by atoms with Crippen LogP contribution in [0.1, 0.15) is 15.2 Å². The number of thiophene rings is 1. The van der Waals surface area contributed by atoms with Crippen LogP contribution in [-0.2, 0) is 4.79 Å². The first kappa shape index (κ1) is 16.2. The fourth-order valence-electron chi connectivity index (χ4n) is 1.83. The molecule has 116 valence electrons. The molecule has 2 amide bonds. The molecule has 0 spiro atoms. The molecule has 1 N–H and O–H groups in total. The van der Waals surface area contributed by atoms with E-state index in [1.807, 2.05) is 17.5 Å². The van der Waals surface area contributed by atoms with Crippen LogP contribution < -0.4 is 5.43 Å². The monoisotopic (exact) mass is 380 g/mol. The van der Waals surface area contributed by atoms with Crippen LogP contribution in [0.3, 0.4) is 0 Å². The van der Waals surface area contributed by atoms with Crippen molar-refractivity contribution in [1.29, 1.82) is 0 Å². The summed E-state index contributed by atoms with van der Waals surface area (Å²) >= 11 is 13.6. The number of rotatable bonds is 3. The van der Waals surface area contributed by atoms with Gasteiger partial charge in [-0.1, -0.05) is 29.4 Å². The minimum Gasteiger partial charge on any atom is -0.267 e. The van der Waals surface area contributed by atoms with E-state index in [9.17, 15) is 9.59 Å². The standard InChI is InChI=1S/C15H9ClN2O2S3/c16-10-5-3-9(4-6-10)13(19)17-18-14(20)12(23-15(18)21)8-11-2-1-7-22-11/h1-8H,(H,17,19)/b12-8-. The zero-order valence-corrected chi connectivity index (χ0v) is 14.7. The number of hydrogen-bond acceptors (Lipinski definition) is 5. The number of thiocarbonyl (C=S) groups is 1. The van der Waals surface area contributed by atoms with Crippen molar-refractivity contribution in [2.75, 3.05) is 0 Å². The highest BCUT2D eigenvalue weighted by Gasteiger charge is 2.33. The first-order valence-corrected chi connectivity index (χ1v) is 8.91. The van der Waals surface area contributed by atoms with E-state index < -0.39 is 5.91 Å². The minimum absolute atomic E-state index is 0.292. The Balaban J connectivity index is 1.75. The molecule has 0 unspecified atom stereocenters. The lowest BCUT2D eigenvalue weighted by atomic mass is 10.2. The maximum Gasteiger partial charge on any atom is 0.285 e. The number of thioether (sulfide) groups is 1. The Bertz CT molecular complexity index is 801. The molecule has 0 radical (unpaired) electrons. The summed E-state index contributed by atoms with van der Waals surface area (Å²) in [5.74, 6) is -0.758.